The van der Waals surface area contributed by atoms with Gasteiger partial charge in [-0.3, -0.25) is 14.4 Å². The van der Waals surface area contributed by atoms with Gasteiger partial charge in [-0.1, -0.05) is 62.4 Å². The number of ether oxygens (including phenoxy) is 2. The van der Waals surface area contributed by atoms with E-state index in [2.05, 4.69) is 10.3 Å². The average molecular weight is 564 g/mol. The maximum absolute atomic E-state index is 14.6. The first kappa shape index (κ1) is 27.6. The smallest absolute Gasteiger partial charge is 0.313 e. The molecule has 2 aromatic rings. The number of rotatable bonds is 6. The SMILES string of the molecule is CC[C@@]12/C=C\CCCOC(=O)[C@@H]1[C@H]1C(=O)N([C@@H](CO)C(C)C)C3C(=O)N(Cn4nnc5ccccc54)CC=C[C@@]31O2. The van der Waals surface area contributed by atoms with Gasteiger partial charge in [0.1, 0.15) is 35.3 Å². The van der Waals surface area contributed by atoms with Gasteiger partial charge < -0.3 is 24.4 Å². The molecule has 4 aliphatic rings. The molecule has 2 saturated heterocycles. The molecule has 6 rings (SSSR count). The highest BCUT2D eigenvalue weighted by Gasteiger charge is 2.76. The Morgan fingerprint density at radius 3 is 2.66 bits per heavy atom. The molecule has 1 unspecified atom stereocenters. The fourth-order valence-electron chi connectivity index (χ4n) is 7.15. The molecule has 1 aromatic carbocycles. The van der Waals surface area contributed by atoms with E-state index >= 15 is 0 Å². The number of para-hydroxylation sites is 1. The van der Waals surface area contributed by atoms with Crippen LogP contribution in [0.5, 0.6) is 0 Å². The summed E-state index contributed by atoms with van der Waals surface area (Å²) in [4.78, 5) is 45.9. The van der Waals surface area contributed by atoms with Crippen LogP contribution in [-0.4, -0.2) is 90.7 Å². The van der Waals surface area contributed by atoms with Crippen molar-refractivity contribution in [1.29, 1.82) is 0 Å². The number of aromatic nitrogens is 3. The summed E-state index contributed by atoms with van der Waals surface area (Å²) in [6.45, 7) is 6.00. The van der Waals surface area contributed by atoms with E-state index in [0.29, 0.717) is 24.8 Å². The number of aliphatic hydroxyl groups is 1. The second-order valence-corrected chi connectivity index (χ2v) is 11.8. The summed E-state index contributed by atoms with van der Waals surface area (Å²) in [6, 6.07) is 5.76. The van der Waals surface area contributed by atoms with Crippen LogP contribution in [0.4, 0.5) is 0 Å². The van der Waals surface area contributed by atoms with E-state index in [1.165, 1.54) is 4.90 Å². The standard InChI is InChI=1S/C30H37N5O6/c1-4-29-13-8-5-9-16-40-28(39)24(29)23-26(37)35(22(17-36)19(2)3)25-27(38)33(15-10-14-30(23,25)41-29)18-34-21-12-7-6-11-20(21)31-32-34/h6-8,10-14,19,22-25,36H,4-5,9,15-18H2,1-3H3/b13-8-/t22-,23-,24-,25?,29+,30-/m0/s1. The van der Waals surface area contributed by atoms with Gasteiger partial charge >= 0.3 is 5.97 Å². The van der Waals surface area contributed by atoms with Crippen molar-refractivity contribution in [3.05, 3.63) is 48.6 Å². The van der Waals surface area contributed by atoms with Crippen LogP contribution < -0.4 is 0 Å². The molecule has 4 aliphatic heterocycles. The number of nitrogens with zero attached hydrogens (tertiary/aromatic N) is 5. The van der Waals surface area contributed by atoms with Crippen LogP contribution in [0.3, 0.4) is 0 Å². The fourth-order valence-corrected chi connectivity index (χ4v) is 7.15. The molecule has 0 saturated carbocycles. The third-order valence-corrected chi connectivity index (χ3v) is 9.19. The maximum atomic E-state index is 14.6. The number of likely N-dealkylation sites (tertiary alicyclic amines) is 1. The van der Waals surface area contributed by atoms with Crippen molar-refractivity contribution in [1.82, 2.24) is 24.8 Å². The van der Waals surface area contributed by atoms with Crippen molar-refractivity contribution in [3.63, 3.8) is 0 Å². The zero-order valence-electron chi connectivity index (χ0n) is 23.7. The second-order valence-electron chi connectivity index (χ2n) is 11.8. The van der Waals surface area contributed by atoms with Crippen molar-refractivity contribution in [2.75, 3.05) is 19.8 Å². The van der Waals surface area contributed by atoms with Crippen molar-refractivity contribution in [2.45, 2.75) is 70.0 Å². The lowest BCUT2D eigenvalue weighted by molar-refractivity contribution is -0.164. The molecule has 0 bridgehead atoms. The molecular formula is C30H37N5O6. The Morgan fingerprint density at radius 2 is 1.90 bits per heavy atom. The highest BCUT2D eigenvalue weighted by molar-refractivity contribution is 5.99. The van der Waals surface area contributed by atoms with Crippen LogP contribution in [0.15, 0.2) is 48.6 Å². The Hall–Kier alpha value is -3.57. The first-order valence-electron chi connectivity index (χ1n) is 14.5. The zero-order chi connectivity index (χ0) is 28.9. The third-order valence-electron chi connectivity index (χ3n) is 9.19. The fraction of sp³-hybridized carbons (Fsp3) is 0.567. The van der Waals surface area contributed by atoms with Gasteiger partial charge in [0.25, 0.3) is 5.91 Å². The van der Waals surface area contributed by atoms with E-state index in [1.54, 1.807) is 9.58 Å². The van der Waals surface area contributed by atoms with Crippen molar-refractivity contribution in [2.24, 2.45) is 17.8 Å². The minimum absolute atomic E-state index is 0.110. The highest BCUT2D eigenvalue weighted by Crippen LogP contribution is 2.58. The summed E-state index contributed by atoms with van der Waals surface area (Å²) in [5.74, 6) is -3.27. The molecule has 0 aliphatic carbocycles. The summed E-state index contributed by atoms with van der Waals surface area (Å²) in [5.41, 5.74) is -1.04. The lowest BCUT2D eigenvalue weighted by Gasteiger charge is -2.41. The van der Waals surface area contributed by atoms with Crippen molar-refractivity contribution >= 4 is 28.8 Å². The number of aliphatic hydroxyl groups excluding tert-OH is 1. The monoisotopic (exact) mass is 563 g/mol. The molecule has 5 heterocycles. The number of allylic oxidation sites excluding steroid dienone is 1. The Kier molecular flexibility index (Phi) is 6.97. The third kappa shape index (κ3) is 4.12. The molecule has 41 heavy (non-hydrogen) atoms. The van der Waals surface area contributed by atoms with Gasteiger partial charge in [-0.15, -0.1) is 5.10 Å². The Morgan fingerprint density at radius 1 is 1.10 bits per heavy atom. The van der Waals surface area contributed by atoms with E-state index in [9.17, 15) is 19.5 Å². The Bertz CT molecular complexity index is 1420. The minimum Gasteiger partial charge on any atom is -0.465 e. The minimum atomic E-state index is -1.42. The number of hydrogen-bond donors (Lipinski definition) is 1. The molecule has 0 radical (unpaired) electrons. The number of hydrogen-bond acceptors (Lipinski definition) is 8. The predicted octanol–water partition coefficient (Wildman–Crippen LogP) is 2.06. The molecule has 218 valence electrons. The normalized spacial score (nSPS) is 33.1. The molecule has 11 nitrogen and oxygen atoms in total. The van der Waals surface area contributed by atoms with E-state index in [-0.39, 0.29) is 44.2 Å². The van der Waals surface area contributed by atoms with Crippen molar-refractivity contribution in [3.8, 4) is 0 Å². The van der Waals surface area contributed by atoms with Crippen LogP contribution in [0.1, 0.15) is 40.0 Å². The molecule has 6 atom stereocenters. The lowest BCUT2D eigenvalue weighted by Crippen LogP contribution is -2.59. The Labute approximate surface area is 238 Å². The first-order chi connectivity index (χ1) is 19.8. The zero-order valence-corrected chi connectivity index (χ0v) is 23.7. The molecule has 1 aromatic heterocycles. The summed E-state index contributed by atoms with van der Waals surface area (Å²) in [6.07, 6.45) is 9.35. The topological polar surface area (TPSA) is 127 Å². The number of esters is 1. The summed E-state index contributed by atoms with van der Waals surface area (Å²) in [7, 11) is 0. The number of carbonyl (C=O) groups is 3. The van der Waals surface area contributed by atoms with Crippen LogP contribution >= 0.6 is 0 Å². The average Bonchev–Trinajstić information content (AvgIpc) is 3.55. The maximum Gasteiger partial charge on any atom is 0.313 e. The molecule has 1 N–H and O–H groups in total. The van der Waals surface area contributed by atoms with E-state index in [0.717, 1.165) is 5.52 Å². The van der Waals surface area contributed by atoms with E-state index < -0.39 is 41.1 Å². The molecule has 1 spiro atoms. The summed E-state index contributed by atoms with van der Waals surface area (Å²) < 4.78 is 14.3. The van der Waals surface area contributed by atoms with Crippen LogP contribution in [0, 0.1) is 17.8 Å². The molecule has 11 heteroatoms. The Balaban J connectivity index is 1.48. The van der Waals surface area contributed by atoms with Gasteiger partial charge in [0.2, 0.25) is 5.91 Å². The number of amides is 2. The van der Waals surface area contributed by atoms with Gasteiger partial charge in [0, 0.05) is 6.54 Å². The van der Waals surface area contributed by atoms with Crippen molar-refractivity contribution < 1.29 is 29.0 Å². The number of fused-ring (bicyclic) bond motifs is 3. The van der Waals surface area contributed by atoms with Crippen LogP contribution in [0.2, 0.25) is 0 Å². The lowest BCUT2D eigenvalue weighted by atomic mass is 9.73. The number of benzene rings is 1. The predicted molar refractivity (Wildman–Crippen MR) is 148 cm³/mol. The van der Waals surface area contributed by atoms with Gasteiger partial charge in [0.05, 0.1) is 30.7 Å². The van der Waals surface area contributed by atoms with Crippen LogP contribution in [-0.2, 0) is 30.5 Å². The summed E-state index contributed by atoms with van der Waals surface area (Å²) in [5, 5.41) is 19.0. The van der Waals surface area contributed by atoms with Crippen LogP contribution in [0.25, 0.3) is 11.0 Å². The van der Waals surface area contributed by atoms with Gasteiger partial charge in [-0.2, -0.15) is 0 Å². The van der Waals surface area contributed by atoms with E-state index in [1.807, 2.05) is 69.3 Å². The van der Waals surface area contributed by atoms with Gasteiger partial charge in [0.15, 0.2) is 0 Å². The first-order valence-corrected chi connectivity index (χ1v) is 14.5. The number of carbonyl (C=O) groups excluding carboxylic acids is 3. The molecular weight excluding hydrogens is 526 g/mol. The second kappa shape index (κ2) is 10.4. The molecule has 2 amide bonds. The molecule has 2 fully saturated rings. The van der Waals surface area contributed by atoms with Gasteiger partial charge in [-0.05, 0) is 37.3 Å². The van der Waals surface area contributed by atoms with E-state index in [4.69, 9.17) is 9.47 Å². The summed E-state index contributed by atoms with van der Waals surface area (Å²) >= 11 is 0. The quantitative estimate of drug-likeness (QED) is 0.418. The largest absolute Gasteiger partial charge is 0.465 e. The number of cyclic esters (lactones) is 1. The highest BCUT2D eigenvalue weighted by atomic mass is 16.6. The van der Waals surface area contributed by atoms with Gasteiger partial charge in [-0.25, -0.2) is 4.68 Å².